The summed E-state index contributed by atoms with van der Waals surface area (Å²) in [5, 5.41) is 3.12. The van der Waals surface area contributed by atoms with Crippen LogP contribution in [-0.4, -0.2) is 71.7 Å². The molecule has 1 aliphatic carbocycles. The minimum absolute atomic E-state index is 0.0380. The highest BCUT2D eigenvalue weighted by Crippen LogP contribution is 2.33. The number of carbonyl (C=O) groups excluding carboxylic acids is 2. The summed E-state index contributed by atoms with van der Waals surface area (Å²) >= 11 is 0. The topological polar surface area (TPSA) is 86.3 Å². The van der Waals surface area contributed by atoms with Crippen LogP contribution in [-0.2, 0) is 9.59 Å². The lowest BCUT2D eigenvalue weighted by Gasteiger charge is -2.27. The van der Waals surface area contributed by atoms with Crippen LogP contribution in [0.3, 0.4) is 0 Å². The Labute approximate surface area is 218 Å². The van der Waals surface area contributed by atoms with Gasteiger partial charge in [0.15, 0.2) is 28.8 Å². The van der Waals surface area contributed by atoms with Gasteiger partial charge in [0.05, 0.1) is 28.4 Å². The lowest BCUT2D eigenvalue weighted by Crippen LogP contribution is -2.40. The summed E-state index contributed by atoms with van der Waals surface area (Å²) in [5.74, 6) is 2.29. The van der Waals surface area contributed by atoms with Crippen molar-refractivity contribution in [2.75, 3.05) is 49.1 Å². The van der Waals surface area contributed by atoms with E-state index in [1.165, 1.54) is 0 Å². The lowest BCUT2D eigenvalue weighted by molar-refractivity contribution is -0.122. The molecule has 0 radical (unpaired) electrons. The maximum absolute atomic E-state index is 13.6. The molecule has 1 N–H and O–H groups in total. The highest BCUT2D eigenvalue weighted by atomic mass is 16.5. The molecule has 0 atom stereocenters. The minimum atomic E-state index is -0.204. The van der Waals surface area contributed by atoms with Gasteiger partial charge in [0.25, 0.3) is 0 Å². The number of hydrogen-bond acceptors (Lipinski definition) is 7. The van der Waals surface area contributed by atoms with Gasteiger partial charge in [-0.1, -0.05) is 12.1 Å². The molecule has 1 saturated carbocycles. The zero-order valence-electron chi connectivity index (χ0n) is 22.4. The number of carbonyl (C=O) groups is 2. The average Bonchev–Trinajstić information content (AvgIpc) is 2.89. The Morgan fingerprint density at radius 1 is 0.838 bits per heavy atom. The summed E-state index contributed by atoms with van der Waals surface area (Å²) in [6.07, 6.45) is 4.96. The molecule has 37 heavy (non-hydrogen) atoms. The van der Waals surface area contributed by atoms with E-state index in [-0.39, 0.29) is 17.7 Å². The average molecular weight is 509 g/mol. The second-order valence-corrected chi connectivity index (χ2v) is 9.12. The molecular weight excluding hydrogens is 472 g/mol. The van der Waals surface area contributed by atoms with Crippen molar-refractivity contribution in [2.24, 2.45) is 0 Å². The van der Waals surface area contributed by atoms with E-state index in [1.807, 2.05) is 55.4 Å². The Morgan fingerprint density at radius 3 is 1.70 bits per heavy atom. The van der Waals surface area contributed by atoms with Crippen LogP contribution >= 0.6 is 0 Å². The van der Waals surface area contributed by atoms with E-state index >= 15 is 0 Å². The molecule has 0 bridgehead atoms. The van der Waals surface area contributed by atoms with E-state index in [1.54, 1.807) is 40.6 Å². The maximum atomic E-state index is 13.6. The van der Waals surface area contributed by atoms with Crippen LogP contribution in [0.4, 0.5) is 0 Å². The first-order valence-electron chi connectivity index (χ1n) is 12.1. The number of methoxy groups -OCH3 is 4. The van der Waals surface area contributed by atoms with Gasteiger partial charge in [-0.05, 0) is 74.5 Å². The molecule has 0 aliphatic heterocycles. The molecule has 2 aromatic rings. The summed E-state index contributed by atoms with van der Waals surface area (Å²) in [5.41, 5.74) is 2.85. The van der Waals surface area contributed by atoms with Crippen LogP contribution in [0.25, 0.3) is 12.2 Å². The summed E-state index contributed by atoms with van der Waals surface area (Å²) in [6.45, 7) is 0.653. The predicted molar refractivity (Wildman–Crippen MR) is 144 cm³/mol. The molecule has 8 heteroatoms. The van der Waals surface area contributed by atoms with Crippen molar-refractivity contribution in [3.63, 3.8) is 0 Å². The van der Waals surface area contributed by atoms with Crippen LogP contribution in [0.15, 0.2) is 47.5 Å². The quantitative estimate of drug-likeness (QED) is 0.486. The smallest absolute Gasteiger partial charge is 0.221 e. The van der Waals surface area contributed by atoms with Gasteiger partial charge < -0.3 is 29.2 Å². The fourth-order valence-electron chi connectivity index (χ4n) is 4.26. The summed E-state index contributed by atoms with van der Waals surface area (Å²) in [7, 11) is 10.2. The number of nitrogens with zero attached hydrogens (tertiary/aromatic N) is 1. The van der Waals surface area contributed by atoms with E-state index < -0.39 is 0 Å². The summed E-state index contributed by atoms with van der Waals surface area (Å²) in [4.78, 5) is 28.1. The first-order chi connectivity index (χ1) is 17.8. The van der Waals surface area contributed by atoms with Crippen molar-refractivity contribution in [1.29, 1.82) is 0 Å². The molecular formula is C29H36N2O6. The molecule has 2 aromatic carbocycles. The monoisotopic (exact) mass is 508 g/mol. The predicted octanol–water partition coefficient (Wildman–Crippen LogP) is 3.99. The second kappa shape index (κ2) is 13.0. The zero-order chi connectivity index (χ0) is 26.9. The third kappa shape index (κ3) is 7.36. The Bertz CT molecular complexity index is 1110. The van der Waals surface area contributed by atoms with Gasteiger partial charge in [0.2, 0.25) is 5.91 Å². The zero-order valence-corrected chi connectivity index (χ0v) is 22.4. The third-order valence-corrected chi connectivity index (χ3v) is 6.16. The minimum Gasteiger partial charge on any atom is -0.493 e. The van der Waals surface area contributed by atoms with Crippen molar-refractivity contribution < 1.29 is 28.5 Å². The Balaban J connectivity index is 1.96. The highest BCUT2D eigenvalue weighted by Gasteiger charge is 2.29. The first-order valence-corrected chi connectivity index (χ1v) is 12.1. The molecule has 1 fully saturated rings. The van der Waals surface area contributed by atoms with E-state index in [0.717, 1.165) is 11.1 Å². The Morgan fingerprint density at radius 2 is 1.30 bits per heavy atom. The standard InChI is InChI=1S/C29H36N2O6/c1-31(2)12-11-28(32)30-23-17-21(13-19-7-9-24(34-3)26(15-19)36-5)29(33)22(18-23)14-20-8-10-25(35-4)27(16-20)37-6/h7-10,13-16,23H,11-12,17-18H2,1-6H3,(H,30,32)/b21-13+,22-14+. The summed E-state index contributed by atoms with van der Waals surface area (Å²) < 4.78 is 21.5. The third-order valence-electron chi connectivity index (χ3n) is 6.16. The van der Waals surface area contributed by atoms with Gasteiger partial charge in [-0.25, -0.2) is 0 Å². The Kier molecular flexibility index (Phi) is 9.74. The van der Waals surface area contributed by atoms with E-state index in [9.17, 15) is 9.59 Å². The van der Waals surface area contributed by atoms with Crippen LogP contribution in [0.5, 0.6) is 23.0 Å². The number of benzene rings is 2. The van der Waals surface area contributed by atoms with Crippen LogP contribution in [0, 0.1) is 0 Å². The normalized spacial score (nSPS) is 17.7. The van der Waals surface area contributed by atoms with Gasteiger partial charge in [0.1, 0.15) is 0 Å². The van der Waals surface area contributed by atoms with Gasteiger partial charge in [-0.3, -0.25) is 9.59 Å². The molecule has 1 aliphatic rings. The molecule has 0 unspecified atom stereocenters. The molecule has 0 saturated heterocycles. The van der Waals surface area contributed by atoms with Crippen molar-refractivity contribution >= 4 is 23.8 Å². The number of ketones is 1. The van der Waals surface area contributed by atoms with E-state index in [2.05, 4.69) is 5.32 Å². The number of amides is 1. The molecule has 0 spiro atoms. The van der Waals surface area contributed by atoms with Crippen LogP contribution < -0.4 is 24.3 Å². The van der Waals surface area contributed by atoms with Gasteiger partial charge in [0, 0.05) is 30.2 Å². The summed E-state index contributed by atoms with van der Waals surface area (Å²) in [6, 6.07) is 10.8. The lowest BCUT2D eigenvalue weighted by atomic mass is 9.83. The maximum Gasteiger partial charge on any atom is 0.221 e. The SMILES string of the molecule is COc1ccc(/C=C2\CC(NC(=O)CCN(C)C)C/C(=C\c3ccc(OC)c(OC)c3)C2=O)cc1OC. The molecule has 0 aromatic heterocycles. The highest BCUT2D eigenvalue weighted by molar-refractivity contribution is 6.14. The molecule has 0 heterocycles. The van der Waals surface area contributed by atoms with E-state index in [0.29, 0.717) is 60.0 Å². The number of rotatable bonds is 10. The largest absolute Gasteiger partial charge is 0.493 e. The number of Topliss-reactive ketones (excluding diaryl/α,β-unsaturated/α-hetero) is 1. The van der Waals surface area contributed by atoms with Gasteiger partial charge in [-0.2, -0.15) is 0 Å². The van der Waals surface area contributed by atoms with E-state index in [4.69, 9.17) is 18.9 Å². The molecule has 1 amide bonds. The molecule has 8 nitrogen and oxygen atoms in total. The second-order valence-electron chi connectivity index (χ2n) is 9.12. The Hall–Kier alpha value is -3.78. The molecule has 3 rings (SSSR count). The fourth-order valence-corrected chi connectivity index (χ4v) is 4.26. The number of ether oxygens (including phenoxy) is 4. The van der Waals surface area contributed by atoms with Crippen molar-refractivity contribution in [3.05, 3.63) is 58.7 Å². The number of hydrogen-bond donors (Lipinski definition) is 1. The van der Waals surface area contributed by atoms with Crippen LogP contribution in [0.1, 0.15) is 30.4 Å². The van der Waals surface area contributed by atoms with Crippen molar-refractivity contribution in [3.8, 4) is 23.0 Å². The first kappa shape index (κ1) is 27.8. The fraction of sp³-hybridized carbons (Fsp3) is 0.379. The van der Waals surface area contributed by atoms with Crippen LogP contribution in [0.2, 0.25) is 0 Å². The molecule has 198 valence electrons. The number of nitrogens with one attached hydrogen (secondary N) is 1. The van der Waals surface area contributed by atoms with Gasteiger partial charge in [-0.15, -0.1) is 0 Å². The van der Waals surface area contributed by atoms with Crippen molar-refractivity contribution in [2.45, 2.75) is 25.3 Å². The van der Waals surface area contributed by atoms with Gasteiger partial charge >= 0.3 is 0 Å². The van der Waals surface area contributed by atoms with Crippen molar-refractivity contribution in [1.82, 2.24) is 10.2 Å².